The van der Waals surface area contributed by atoms with E-state index in [1.807, 2.05) is 6.07 Å². The number of rotatable bonds is 1. The van der Waals surface area contributed by atoms with Gasteiger partial charge in [-0.1, -0.05) is 12.1 Å². The molecule has 2 heterocycles. The fourth-order valence-electron chi connectivity index (χ4n) is 1.83. The summed E-state index contributed by atoms with van der Waals surface area (Å²) in [6, 6.07) is 16.0. The molecule has 140 valence electrons. The second kappa shape index (κ2) is 10.3. The number of hydrogen-bond donors (Lipinski definition) is 3. The molecule has 27 heavy (non-hydrogen) atoms. The summed E-state index contributed by atoms with van der Waals surface area (Å²) in [5, 5.41) is 10.0. The van der Waals surface area contributed by atoms with Crippen molar-refractivity contribution in [2.24, 2.45) is 0 Å². The van der Waals surface area contributed by atoms with E-state index in [1.165, 1.54) is 28.9 Å². The average molecular weight is 482 g/mol. The van der Waals surface area contributed by atoms with Gasteiger partial charge in [0.25, 0.3) is 0 Å². The van der Waals surface area contributed by atoms with Crippen LogP contribution in [0.2, 0.25) is 0 Å². The van der Waals surface area contributed by atoms with E-state index in [-0.39, 0.29) is 11.6 Å². The zero-order chi connectivity index (χ0) is 19.6. The van der Waals surface area contributed by atoms with Gasteiger partial charge >= 0.3 is 0 Å². The van der Waals surface area contributed by atoms with E-state index in [1.54, 1.807) is 42.7 Å². The minimum atomic E-state index is -0.286. The van der Waals surface area contributed by atoms with E-state index in [2.05, 4.69) is 37.9 Å². The van der Waals surface area contributed by atoms with E-state index in [9.17, 15) is 8.78 Å². The molecule has 5 N–H and O–H groups in total. The topological polar surface area (TPSA) is 98.5 Å². The summed E-state index contributed by atoms with van der Waals surface area (Å²) in [6.07, 6.45) is 3.29. The number of nitrogens with one attached hydrogen (secondary N) is 1. The second-order valence-corrected chi connectivity index (χ2v) is 6.36. The Balaban J connectivity index is 0.000000159. The fraction of sp³-hybridized carbons (Fsp3) is 0. The van der Waals surface area contributed by atoms with Crippen LogP contribution < -0.4 is 11.5 Å². The van der Waals surface area contributed by atoms with Crippen molar-refractivity contribution in [3.05, 3.63) is 88.3 Å². The van der Waals surface area contributed by atoms with Crippen LogP contribution in [0.5, 0.6) is 0 Å². The van der Waals surface area contributed by atoms with Crippen LogP contribution in [0.15, 0.2) is 73.1 Å². The average Bonchev–Trinajstić information content (AvgIpc) is 3.27. The lowest BCUT2D eigenvalue weighted by Crippen LogP contribution is -1.96. The molecule has 0 aliphatic carbocycles. The number of hydrogen-bond acceptors (Lipinski definition) is 4. The van der Waals surface area contributed by atoms with Crippen LogP contribution in [0, 0.1) is 15.2 Å². The summed E-state index contributed by atoms with van der Waals surface area (Å²) >= 11 is 2.07. The van der Waals surface area contributed by atoms with Crippen molar-refractivity contribution in [1.82, 2.24) is 20.0 Å². The van der Waals surface area contributed by atoms with Crippen LogP contribution in [0.1, 0.15) is 0 Å². The molecule has 2 aromatic carbocycles. The van der Waals surface area contributed by atoms with Crippen LogP contribution in [0.25, 0.3) is 5.69 Å². The predicted octanol–water partition coefficient (Wildman–Crippen LogP) is 4.02. The van der Waals surface area contributed by atoms with Gasteiger partial charge in [-0.2, -0.15) is 10.2 Å². The molecule has 0 aliphatic heterocycles. The summed E-state index contributed by atoms with van der Waals surface area (Å²) in [7, 11) is 0. The Morgan fingerprint density at radius 2 is 1.63 bits per heavy atom. The number of aromatic amines is 1. The van der Waals surface area contributed by atoms with Gasteiger partial charge in [0.1, 0.15) is 23.3 Å². The third kappa shape index (κ3) is 7.44. The minimum Gasteiger partial charge on any atom is -0.384 e. The molecule has 0 radical (unpaired) electrons. The molecule has 0 spiro atoms. The first-order valence-corrected chi connectivity index (χ1v) is 8.75. The number of aromatic nitrogens is 4. The van der Waals surface area contributed by atoms with E-state index in [4.69, 9.17) is 11.5 Å². The SMILES string of the molecule is Fc1cccc(I)c1.Nc1ccn(-c2cccc(F)c2)n1.Nc1ccn[nH]1. The molecule has 0 atom stereocenters. The van der Waals surface area contributed by atoms with Crippen molar-refractivity contribution in [1.29, 1.82) is 0 Å². The minimum absolute atomic E-state index is 0.170. The van der Waals surface area contributed by atoms with Crippen molar-refractivity contribution < 1.29 is 8.78 Å². The molecule has 0 saturated carbocycles. The van der Waals surface area contributed by atoms with Crippen LogP contribution in [0.3, 0.4) is 0 Å². The molecular formula is C18H17F2IN6. The molecule has 0 unspecified atom stereocenters. The van der Waals surface area contributed by atoms with Gasteiger partial charge in [0, 0.05) is 15.8 Å². The first kappa shape index (κ1) is 20.4. The Labute approximate surface area is 168 Å². The van der Waals surface area contributed by atoms with Gasteiger partial charge in [-0.05, 0) is 65.1 Å². The van der Waals surface area contributed by atoms with Gasteiger partial charge in [0.15, 0.2) is 0 Å². The maximum absolute atomic E-state index is 12.8. The summed E-state index contributed by atoms with van der Waals surface area (Å²) in [5.41, 5.74) is 11.3. The molecule has 0 amide bonds. The summed E-state index contributed by atoms with van der Waals surface area (Å²) in [4.78, 5) is 0. The highest BCUT2D eigenvalue weighted by Crippen LogP contribution is 2.09. The van der Waals surface area contributed by atoms with Crippen LogP contribution in [-0.4, -0.2) is 20.0 Å². The zero-order valence-electron chi connectivity index (χ0n) is 14.1. The summed E-state index contributed by atoms with van der Waals surface area (Å²) < 4.78 is 27.4. The number of H-pyrrole nitrogens is 1. The Morgan fingerprint density at radius 1 is 0.926 bits per heavy atom. The van der Waals surface area contributed by atoms with Gasteiger partial charge < -0.3 is 11.5 Å². The smallest absolute Gasteiger partial charge is 0.145 e. The van der Waals surface area contributed by atoms with Gasteiger partial charge in [-0.15, -0.1) is 0 Å². The fourth-order valence-corrected chi connectivity index (χ4v) is 2.33. The van der Waals surface area contributed by atoms with Crippen molar-refractivity contribution in [2.75, 3.05) is 11.5 Å². The van der Waals surface area contributed by atoms with Gasteiger partial charge in [0.2, 0.25) is 0 Å². The summed E-state index contributed by atoms with van der Waals surface area (Å²) in [5.74, 6) is 0.572. The Hall–Kier alpha value is -2.95. The van der Waals surface area contributed by atoms with Gasteiger partial charge in [-0.25, -0.2) is 13.5 Å². The largest absolute Gasteiger partial charge is 0.384 e. The number of anilines is 2. The number of halogens is 3. The van der Waals surface area contributed by atoms with Crippen LogP contribution in [0.4, 0.5) is 20.4 Å². The predicted molar refractivity (Wildman–Crippen MR) is 110 cm³/mol. The normalized spacial score (nSPS) is 9.59. The molecule has 0 bridgehead atoms. The first-order valence-electron chi connectivity index (χ1n) is 7.67. The molecule has 0 fully saturated rings. The number of nitrogens with two attached hydrogens (primary N) is 2. The highest BCUT2D eigenvalue weighted by molar-refractivity contribution is 14.1. The second-order valence-electron chi connectivity index (χ2n) is 5.12. The van der Waals surface area contributed by atoms with E-state index >= 15 is 0 Å². The first-order chi connectivity index (χ1) is 12.9. The number of nitrogens with zero attached hydrogens (tertiary/aromatic N) is 3. The molecule has 4 rings (SSSR count). The maximum atomic E-state index is 12.8. The third-order valence-electron chi connectivity index (χ3n) is 2.99. The molecular weight excluding hydrogens is 465 g/mol. The lowest BCUT2D eigenvalue weighted by atomic mass is 10.3. The Kier molecular flexibility index (Phi) is 7.74. The highest BCUT2D eigenvalue weighted by Gasteiger charge is 1.98. The van der Waals surface area contributed by atoms with E-state index in [0.29, 0.717) is 17.3 Å². The lowest BCUT2D eigenvalue weighted by molar-refractivity contribution is 0.625. The van der Waals surface area contributed by atoms with Crippen molar-refractivity contribution >= 4 is 34.2 Å². The van der Waals surface area contributed by atoms with Crippen LogP contribution >= 0.6 is 22.6 Å². The monoisotopic (exact) mass is 482 g/mol. The molecule has 6 nitrogen and oxygen atoms in total. The van der Waals surface area contributed by atoms with Gasteiger partial charge in [-0.3, -0.25) is 5.10 Å². The Morgan fingerprint density at radius 3 is 2.04 bits per heavy atom. The molecule has 9 heteroatoms. The van der Waals surface area contributed by atoms with Crippen molar-refractivity contribution in [2.45, 2.75) is 0 Å². The van der Waals surface area contributed by atoms with Crippen molar-refractivity contribution in [3.8, 4) is 5.69 Å². The summed E-state index contributed by atoms with van der Waals surface area (Å²) in [6.45, 7) is 0. The van der Waals surface area contributed by atoms with E-state index < -0.39 is 0 Å². The maximum Gasteiger partial charge on any atom is 0.145 e. The van der Waals surface area contributed by atoms with E-state index in [0.717, 1.165) is 3.57 Å². The standard InChI is InChI=1S/C9H8FN3.C6H4FI.C3H5N3/c10-7-2-1-3-8(6-7)13-5-4-9(11)12-13;7-5-2-1-3-6(8)4-5;4-3-1-2-5-6-3/h1-6H,(H2,11,12);1-4H;1-2H,(H3,4,5,6). The molecule has 4 aromatic rings. The van der Waals surface area contributed by atoms with Crippen LogP contribution in [-0.2, 0) is 0 Å². The third-order valence-corrected chi connectivity index (χ3v) is 3.66. The Bertz CT molecular complexity index is 939. The van der Waals surface area contributed by atoms with Gasteiger partial charge in [0.05, 0.1) is 11.9 Å². The lowest BCUT2D eigenvalue weighted by Gasteiger charge is -1.99. The zero-order valence-corrected chi connectivity index (χ0v) is 16.2. The van der Waals surface area contributed by atoms with Crippen molar-refractivity contribution in [3.63, 3.8) is 0 Å². The number of benzene rings is 2. The quantitative estimate of drug-likeness (QED) is 0.357. The number of nitrogen functional groups attached to an aromatic ring is 2. The molecule has 0 saturated heterocycles. The highest BCUT2D eigenvalue weighted by atomic mass is 127. The molecule has 0 aliphatic rings. The molecule has 2 aromatic heterocycles.